The van der Waals surface area contributed by atoms with Gasteiger partial charge < -0.3 is 18.3 Å². The van der Waals surface area contributed by atoms with Crippen molar-refractivity contribution in [2.75, 3.05) is 13.2 Å². The molecule has 0 N–H and O–H groups in total. The zero-order valence-corrected chi connectivity index (χ0v) is 26.0. The molecule has 0 amide bonds. The van der Waals surface area contributed by atoms with Crippen molar-refractivity contribution in [1.29, 1.82) is 0 Å². The van der Waals surface area contributed by atoms with E-state index in [4.69, 9.17) is 18.3 Å². The highest BCUT2D eigenvalue weighted by Crippen LogP contribution is 2.46. The molecule has 0 aliphatic carbocycles. The third-order valence-electron chi connectivity index (χ3n) is 8.33. The fourth-order valence-electron chi connectivity index (χ4n) is 4.06. The molecule has 2 aliphatic rings. The molecule has 0 saturated carbocycles. The average molecular weight is 511 g/mol. The first-order valence-electron chi connectivity index (χ1n) is 12.7. The van der Waals surface area contributed by atoms with Crippen LogP contribution in [-0.2, 0) is 23.1 Å². The maximum absolute atomic E-state index is 12.1. The number of ether oxygens (including phenoxy) is 2. The monoisotopic (exact) mass is 510 g/mol. The molecule has 5 nitrogen and oxygen atoms in total. The maximum atomic E-state index is 12.1. The predicted molar refractivity (Wildman–Crippen MR) is 145 cm³/mol. The molecule has 2 rings (SSSR count). The van der Waals surface area contributed by atoms with Crippen LogP contribution >= 0.6 is 0 Å². The Labute approximate surface area is 210 Å². The summed E-state index contributed by atoms with van der Waals surface area (Å²) in [6, 6.07) is 0. The van der Waals surface area contributed by atoms with E-state index in [-0.39, 0.29) is 40.1 Å². The summed E-state index contributed by atoms with van der Waals surface area (Å²) in [7, 11) is -3.88. The van der Waals surface area contributed by atoms with Gasteiger partial charge >= 0.3 is 5.97 Å². The molecule has 0 radical (unpaired) electrons. The summed E-state index contributed by atoms with van der Waals surface area (Å²) in [5.74, 6) is -0.0392. The lowest BCUT2D eigenvalue weighted by atomic mass is 9.88. The molecule has 1 saturated heterocycles. The van der Waals surface area contributed by atoms with Crippen molar-refractivity contribution in [1.82, 2.24) is 0 Å². The van der Waals surface area contributed by atoms with Gasteiger partial charge in [-0.1, -0.05) is 53.2 Å². The van der Waals surface area contributed by atoms with E-state index in [1.165, 1.54) is 12.5 Å². The molecule has 2 heterocycles. The van der Waals surface area contributed by atoms with E-state index in [1.807, 2.05) is 0 Å². The van der Waals surface area contributed by atoms with Crippen LogP contribution in [0.15, 0.2) is 23.3 Å². The number of allylic oxidation sites excluding steroid dienone is 1. The number of rotatable bonds is 8. The highest BCUT2D eigenvalue weighted by atomic mass is 28.4. The number of carbonyl (C=O) groups excluding carboxylic acids is 1. The van der Waals surface area contributed by atoms with Crippen LogP contribution in [0.25, 0.3) is 0 Å². The van der Waals surface area contributed by atoms with E-state index in [9.17, 15) is 4.79 Å². The van der Waals surface area contributed by atoms with Crippen molar-refractivity contribution in [3.8, 4) is 0 Å². The van der Waals surface area contributed by atoms with Crippen molar-refractivity contribution in [2.24, 2.45) is 11.8 Å². The molecule has 1 fully saturated rings. The Kier molecular flexibility index (Phi) is 8.96. The van der Waals surface area contributed by atoms with Gasteiger partial charge in [0.25, 0.3) is 0 Å². The number of hydrogen-bond donors (Lipinski definition) is 0. The highest BCUT2D eigenvalue weighted by molar-refractivity contribution is 6.74. The molecule has 196 valence electrons. The molecular formula is C27H50O5Si2. The van der Waals surface area contributed by atoms with E-state index in [1.54, 1.807) is 0 Å². The Hall–Kier alpha value is -0.736. The molecule has 0 aromatic rings. The van der Waals surface area contributed by atoms with Gasteiger partial charge in [-0.25, -0.2) is 0 Å². The molecule has 2 bridgehead atoms. The molecule has 0 unspecified atom stereocenters. The Balaban J connectivity index is 2.41. The van der Waals surface area contributed by atoms with Crippen LogP contribution in [0.3, 0.4) is 0 Å². The Bertz CT molecular complexity index is 797. The van der Waals surface area contributed by atoms with Crippen molar-refractivity contribution < 1.29 is 23.1 Å². The summed E-state index contributed by atoms with van der Waals surface area (Å²) < 4.78 is 25.8. The summed E-state index contributed by atoms with van der Waals surface area (Å²) in [5.41, 5.74) is 2.21. The first kappa shape index (κ1) is 29.5. The minimum Gasteiger partial charge on any atom is -0.455 e. The van der Waals surface area contributed by atoms with Crippen molar-refractivity contribution >= 4 is 22.6 Å². The highest BCUT2D eigenvalue weighted by Gasteiger charge is 2.53. The lowest BCUT2D eigenvalue weighted by Gasteiger charge is -2.39. The molecular weight excluding hydrogens is 460 g/mol. The SMILES string of the molecule is CC(=O)O[C@@H]1C(C=C(C)C)=C[C@@H]2O[C@H]1[C@@H](CO[Si](C)(C)C(C)(C)C)[C@H]2CO[Si](C)(C)C(C)(C)C. The predicted octanol–water partition coefficient (Wildman–Crippen LogP) is 6.87. The standard InChI is InChI=1S/C27H50O5Si2/c1-18(2)14-20-15-23-21(16-29-33(10,11)26(4,5)6)22(17-30-34(12,13)27(7,8)9)25(32-23)24(20)31-19(3)28/h14-15,21-25H,16-17H2,1-13H3/t21-,22+,23+,24-,25+/m1/s1. The second-order valence-electron chi connectivity index (χ2n) is 13.5. The molecule has 0 aromatic heterocycles. The van der Waals surface area contributed by atoms with Crippen LogP contribution < -0.4 is 0 Å². The van der Waals surface area contributed by atoms with Crippen molar-refractivity contribution in [3.05, 3.63) is 23.3 Å². The van der Waals surface area contributed by atoms with E-state index in [0.29, 0.717) is 13.2 Å². The first-order valence-corrected chi connectivity index (χ1v) is 18.6. The van der Waals surface area contributed by atoms with Gasteiger partial charge in [-0.05, 0) is 61.8 Å². The lowest BCUT2D eigenvalue weighted by molar-refractivity contribution is -0.153. The second kappa shape index (κ2) is 10.3. The Morgan fingerprint density at radius 2 is 1.38 bits per heavy atom. The van der Waals surface area contributed by atoms with Gasteiger partial charge in [0.05, 0.1) is 6.10 Å². The summed E-state index contributed by atoms with van der Waals surface area (Å²) in [4.78, 5) is 12.1. The number of hydrogen-bond acceptors (Lipinski definition) is 5. The minimum atomic E-state index is -1.96. The second-order valence-corrected chi connectivity index (χ2v) is 23.1. The van der Waals surface area contributed by atoms with Crippen LogP contribution in [0.1, 0.15) is 62.3 Å². The fraction of sp³-hybridized carbons (Fsp3) is 0.815. The van der Waals surface area contributed by atoms with Crippen LogP contribution in [0.4, 0.5) is 0 Å². The van der Waals surface area contributed by atoms with Gasteiger partial charge in [-0.15, -0.1) is 0 Å². The molecule has 34 heavy (non-hydrogen) atoms. The van der Waals surface area contributed by atoms with E-state index in [0.717, 1.165) is 5.57 Å². The summed E-state index contributed by atoms with van der Waals surface area (Å²) in [6.07, 6.45) is 3.55. The van der Waals surface area contributed by atoms with Gasteiger partial charge in [-0.3, -0.25) is 4.79 Å². The molecule has 7 heteroatoms. The van der Waals surface area contributed by atoms with Crippen LogP contribution in [0.2, 0.25) is 36.3 Å². The van der Waals surface area contributed by atoms with E-state index < -0.39 is 22.7 Å². The van der Waals surface area contributed by atoms with Crippen molar-refractivity contribution in [3.63, 3.8) is 0 Å². The van der Waals surface area contributed by atoms with Crippen LogP contribution in [0, 0.1) is 11.8 Å². The Morgan fingerprint density at radius 3 is 1.79 bits per heavy atom. The maximum Gasteiger partial charge on any atom is 0.303 e. The zero-order valence-electron chi connectivity index (χ0n) is 24.0. The van der Waals surface area contributed by atoms with Gasteiger partial charge in [-0.2, -0.15) is 0 Å². The quantitative estimate of drug-likeness (QED) is 0.263. The number of esters is 1. The summed E-state index contributed by atoms with van der Waals surface area (Å²) >= 11 is 0. The number of fused-ring (bicyclic) bond motifs is 2. The van der Waals surface area contributed by atoms with Crippen LogP contribution in [-0.4, -0.2) is 54.1 Å². The smallest absolute Gasteiger partial charge is 0.303 e. The summed E-state index contributed by atoms with van der Waals surface area (Å²) in [6.45, 7) is 29.6. The lowest BCUT2D eigenvalue weighted by Crippen LogP contribution is -2.46. The van der Waals surface area contributed by atoms with Crippen molar-refractivity contribution in [2.45, 2.75) is 117 Å². The Morgan fingerprint density at radius 1 is 0.912 bits per heavy atom. The largest absolute Gasteiger partial charge is 0.455 e. The number of carbonyl (C=O) groups is 1. The topological polar surface area (TPSA) is 54.0 Å². The first-order chi connectivity index (χ1) is 15.3. The third kappa shape index (κ3) is 6.72. The van der Waals surface area contributed by atoms with Gasteiger partial charge in [0.1, 0.15) is 6.10 Å². The molecule has 2 aliphatic heterocycles. The van der Waals surface area contributed by atoms with Gasteiger partial charge in [0.2, 0.25) is 0 Å². The van der Waals surface area contributed by atoms with E-state index >= 15 is 0 Å². The third-order valence-corrected chi connectivity index (χ3v) is 17.3. The normalized spacial score (nSPS) is 27.9. The molecule has 0 aromatic carbocycles. The molecule has 5 atom stereocenters. The minimum absolute atomic E-state index is 0.0693. The van der Waals surface area contributed by atoms with Gasteiger partial charge in [0, 0.05) is 32.0 Å². The fourth-order valence-corrected chi connectivity index (χ4v) is 6.14. The van der Waals surface area contributed by atoms with Crippen LogP contribution in [0.5, 0.6) is 0 Å². The molecule has 0 spiro atoms. The van der Waals surface area contributed by atoms with Gasteiger partial charge in [0.15, 0.2) is 22.7 Å². The zero-order chi connectivity index (χ0) is 26.3. The van der Waals surface area contributed by atoms with E-state index in [2.05, 4.69) is 93.7 Å². The summed E-state index contributed by atoms with van der Waals surface area (Å²) in [5, 5.41) is 0.257. The average Bonchev–Trinajstić information content (AvgIpc) is 2.91.